The molecule has 1 saturated heterocycles. The highest BCUT2D eigenvalue weighted by atomic mass is 19.1. The number of methoxy groups -OCH3 is 1. The molecule has 4 rings (SSSR count). The van der Waals surface area contributed by atoms with Crippen LogP contribution in [0.5, 0.6) is 17.5 Å². The number of ether oxygens (including phenoxy) is 3. The normalized spacial score (nSPS) is 13.2. The number of benzene rings is 1. The Hall–Kier alpha value is -4.58. The minimum atomic E-state index is -0.783. The van der Waals surface area contributed by atoms with Crippen LogP contribution in [0.15, 0.2) is 48.7 Å². The van der Waals surface area contributed by atoms with Gasteiger partial charge < -0.3 is 29.5 Å². The Bertz CT molecular complexity index is 1350. The first-order chi connectivity index (χ1) is 18.3. The quantitative estimate of drug-likeness (QED) is 0.404. The number of aliphatic hydroxyl groups is 1. The summed E-state index contributed by atoms with van der Waals surface area (Å²) in [5.74, 6) is -2.50. The lowest BCUT2D eigenvalue weighted by molar-refractivity contribution is 0.0599. The fraction of sp³-hybridized carbons (Fsp3) is 0.269. The van der Waals surface area contributed by atoms with E-state index < -0.39 is 23.8 Å². The number of anilines is 1. The Morgan fingerprint density at radius 3 is 2.42 bits per heavy atom. The van der Waals surface area contributed by atoms with Gasteiger partial charge in [-0.25, -0.2) is 14.2 Å². The highest BCUT2D eigenvalue weighted by molar-refractivity contribution is 6.04. The lowest BCUT2D eigenvalue weighted by Gasteiger charge is -2.30. The van der Waals surface area contributed by atoms with Gasteiger partial charge in [-0.2, -0.15) is 4.98 Å². The number of pyridine rings is 2. The molecule has 1 aromatic carbocycles. The number of carbonyl (C=O) groups excluding carboxylic acids is 3. The van der Waals surface area contributed by atoms with Crippen LogP contribution in [0, 0.1) is 5.82 Å². The summed E-state index contributed by atoms with van der Waals surface area (Å²) in [6.45, 7) is 2.55. The fourth-order valence-corrected chi connectivity index (χ4v) is 3.39. The van der Waals surface area contributed by atoms with E-state index in [-0.39, 0.29) is 52.5 Å². The first-order valence-corrected chi connectivity index (χ1v) is 11.7. The highest BCUT2D eigenvalue weighted by Gasteiger charge is 2.23. The number of halogens is 1. The molecule has 2 amide bonds. The number of rotatable bonds is 9. The minimum Gasteiger partial charge on any atom is -0.472 e. The molecular weight excluding hydrogens is 499 g/mol. The molecule has 0 aliphatic carbocycles. The molecule has 38 heavy (non-hydrogen) atoms. The molecule has 0 bridgehead atoms. The molecule has 11 nitrogen and oxygen atoms in total. The van der Waals surface area contributed by atoms with Crippen LogP contribution in [0.3, 0.4) is 0 Å². The van der Waals surface area contributed by atoms with Gasteiger partial charge in [-0.15, -0.1) is 0 Å². The number of hydrogen-bond donors (Lipinski definition) is 2. The summed E-state index contributed by atoms with van der Waals surface area (Å²) in [6.07, 6.45) is 1.52. The van der Waals surface area contributed by atoms with Crippen LogP contribution in [-0.2, 0) is 4.74 Å². The first kappa shape index (κ1) is 26.5. The first-order valence-electron chi connectivity index (χ1n) is 11.7. The molecule has 1 fully saturated rings. The van der Waals surface area contributed by atoms with Crippen molar-refractivity contribution in [3.8, 4) is 17.5 Å². The number of nitrogens with zero attached hydrogens (tertiary/aromatic N) is 3. The number of nitrogens with one attached hydrogen (secondary N) is 1. The average molecular weight is 525 g/mol. The number of esters is 1. The number of hydrogen-bond acceptors (Lipinski definition) is 9. The third-order valence-corrected chi connectivity index (χ3v) is 5.58. The average Bonchev–Trinajstić information content (AvgIpc) is 2.88. The van der Waals surface area contributed by atoms with Gasteiger partial charge in [0.25, 0.3) is 11.8 Å². The monoisotopic (exact) mass is 524 g/mol. The number of likely N-dealkylation sites (tertiary alicyclic amines) is 1. The second kappa shape index (κ2) is 11.6. The van der Waals surface area contributed by atoms with Crippen molar-refractivity contribution in [2.45, 2.75) is 19.4 Å². The third-order valence-electron chi connectivity index (χ3n) is 5.58. The van der Waals surface area contributed by atoms with E-state index in [0.29, 0.717) is 13.1 Å². The maximum atomic E-state index is 14.8. The van der Waals surface area contributed by atoms with E-state index in [1.165, 1.54) is 49.7 Å². The molecule has 1 aliphatic rings. The van der Waals surface area contributed by atoms with Crippen LogP contribution >= 0.6 is 0 Å². The van der Waals surface area contributed by atoms with Crippen LogP contribution in [0.4, 0.5) is 10.2 Å². The molecule has 0 radical (unpaired) electrons. The number of carbonyl (C=O) groups is 3. The lowest BCUT2D eigenvalue weighted by Crippen LogP contribution is -2.42. The summed E-state index contributed by atoms with van der Waals surface area (Å²) in [6, 6.07) is 9.29. The third kappa shape index (κ3) is 6.21. The smallest absolute Gasteiger partial charge is 0.339 e. The van der Waals surface area contributed by atoms with Crippen molar-refractivity contribution in [2.24, 2.45) is 0 Å². The summed E-state index contributed by atoms with van der Waals surface area (Å²) < 4.78 is 30.5. The minimum absolute atomic E-state index is 0.0407. The second-order valence-corrected chi connectivity index (χ2v) is 8.41. The molecule has 3 aromatic rings. The zero-order valence-electron chi connectivity index (χ0n) is 20.6. The fourth-order valence-electron chi connectivity index (χ4n) is 3.39. The molecule has 0 saturated carbocycles. The predicted molar refractivity (Wildman–Crippen MR) is 132 cm³/mol. The maximum Gasteiger partial charge on any atom is 0.339 e. The molecule has 1 aliphatic heterocycles. The van der Waals surface area contributed by atoms with E-state index in [0.717, 1.165) is 12.5 Å². The number of amides is 2. The topological polar surface area (TPSA) is 140 Å². The molecule has 198 valence electrons. The standard InChI is InChI=1S/C26H25FN4O7/c1-15(14-32)37-22-11-18(24(33)29-21-7-5-17(13-28-21)26(35)36-2)12-23(30-22)38-20-6-4-16(10-19(20)27)25(34)31-8-3-9-31/h4-7,10-13,15,32H,3,8-9,14H2,1-2H3,(H,28,29,33)/t15-/m1/s1. The van der Waals surface area contributed by atoms with Crippen molar-refractivity contribution >= 4 is 23.6 Å². The summed E-state index contributed by atoms with van der Waals surface area (Å²) in [5.41, 5.74) is 0.444. The van der Waals surface area contributed by atoms with E-state index in [1.807, 2.05) is 0 Å². The molecule has 12 heteroatoms. The van der Waals surface area contributed by atoms with Crippen molar-refractivity contribution in [2.75, 3.05) is 32.1 Å². The zero-order valence-corrected chi connectivity index (χ0v) is 20.6. The van der Waals surface area contributed by atoms with E-state index in [9.17, 15) is 23.9 Å². The van der Waals surface area contributed by atoms with Crippen LogP contribution < -0.4 is 14.8 Å². The summed E-state index contributed by atoms with van der Waals surface area (Å²) in [5, 5.41) is 11.9. The maximum absolute atomic E-state index is 14.8. The number of aromatic nitrogens is 2. The number of aliphatic hydroxyl groups excluding tert-OH is 1. The Kier molecular flexibility index (Phi) is 8.12. The molecule has 1 atom stereocenters. The van der Waals surface area contributed by atoms with Gasteiger partial charge in [-0.05, 0) is 43.7 Å². The van der Waals surface area contributed by atoms with Gasteiger partial charge in [0.2, 0.25) is 11.8 Å². The van der Waals surface area contributed by atoms with Crippen molar-refractivity contribution in [3.63, 3.8) is 0 Å². The van der Waals surface area contributed by atoms with Crippen LogP contribution in [0.2, 0.25) is 0 Å². The Morgan fingerprint density at radius 1 is 1.08 bits per heavy atom. The Labute approximate surface area is 217 Å². The second-order valence-electron chi connectivity index (χ2n) is 8.41. The van der Waals surface area contributed by atoms with Gasteiger partial charge in [0.1, 0.15) is 11.9 Å². The van der Waals surface area contributed by atoms with E-state index in [1.54, 1.807) is 11.8 Å². The predicted octanol–water partition coefficient (Wildman–Crippen LogP) is 3.05. The van der Waals surface area contributed by atoms with E-state index >= 15 is 0 Å². The van der Waals surface area contributed by atoms with Crippen molar-refractivity contribution in [1.29, 1.82) is 0 Å². The molecule has 0 spiro atoms. The van der Waals surface area contributed by atoms with Gasteiger partial charge in [0, 0.05) is 37.0 Å². The largest absolute Gasteiger partial charge is 0.472 e. The van der Waals surface area contributed by atoms with Crippen molar-refractivity contribution in [3.05, 3.63) is 71.2 Å². The molecule has 3 heterocycles. The summed E-state index contributed by atoms with van der Waals surface area (Å²) in [7, 11) is 1.24. The van der Waals surface area contributed by atoms with Crippen LogP contribution in [0.25, 0.3) is 0 Å². The van der Waals surface area contributed by atoms with Gasteiger partial charge in [-0.3, -0.25) is 9.59 Å². The highest BCUT2D eigenvalue weighted by Crippen LogP contribution is 2.28. The molecule has 2 aromatic heterocycles. The van der Waals surface area contributed by atoms with Crippen molar-refractivity contribution < 1.29 is 38.1 Å². The van der Waals surface area contributed by atoms with Crippen LogP contribution in [-0.4, -0.2) is 70.7 Å². The van der Waals surface area contributed by atoms with E-state index in [2.05, 4.69) is 20.0 Å². The summed E-state index contributed by atoms with van der Waals surface area (Å²) >= 11 is 0. The SMILES string of the molecule is COC(=O)c1ccc(NC(=O)c2cc(Oc3ccc(C(=O)N4CCC4)cc3F)nc(O[C@H](C)CO)c2)nc1. The van der Waals surface area contributed by atoms with Gasteiger partial charge in [0.15, 0.2) is 11.6 Å². The molecule has 0 unspecified atom stereocenters. The lowest BCUT2D eigenvalue weighted by atomic mass is 10.1. The van der Waals surface area contributed by atoms with Gasteiger partial charge >= 0.3 is 5.97 Å². The van der Waals surface area contributed by atoms with Gasteiger partial charge in [0.05, 0.1) is 24.8 Å². The zero-order chi connectivity index (χ0) is 27.2. The van der Waals surface area contributed by atoms with Crippen LogP contribution in [0.1, 0.15) is 44.4 Å². The molecule has 2 N–H and O–H groups in total. The Balaban J connectivity index is 1.56. The Morgan fingerprint density at radius 2 is 1.82 bits per heavy atom. The van der Waals surface area contributed by atoms with Gasteiger partial charge in [-0.1, -0.05) is 0 Å². The summed E-state index contributed by atoms with van der Waals surface area (Å²) in [4.78, 5) is 46.7. The molecular formula is C26H25FN4O7. The van der Waals surface area contributed by atoms with E-state index in [4.69, 9.17) is 9.47 Å². The van der Waals surface area contributed by atoms with Crippen molar-refractivity contribution in [1.82, 2.24) is 14.9 Å².